The van der Waals surface area contributed by atoms with E-state index >= 15 is 0 Å². The first-order valence-electron chi connectivity index (χ1n) is 4.53. The number of carboxylic acids is 4. The van der Waals surface area contributed by atoms with Gasteiger partial charge in [0.2, 0.25) is 0 Å². The van der Waals surface area contributed by atoms with Gasteiger partial charge in [-0.25, -0.2) is 0 Å². The minimum Gasteiger partial charge on any atom is -0.481 e. The number of nitrogens with two attached hydrogens (primary N) is 2. The number of hydrogen-bond donors (Lipinski definition) is 6. The van der Waals surface area contributed by atoms with Crippen molar-refractivity contribution in [1.82, 2.24) is 0 Å². The van der Waals surface area contributed by atoms with E-state index in [1.165, 1.54) is 0 Å². The van der Waals surface area contributed by atoms with Crippen LogP contribution in [0.3, 0.4) is 0 Å². The minimum atomic E-state index is -0.833. The zero-order valence-corrected chi connectivity index (χ0v) is 17.3. The van der Waals surface area contributed by atoms with E-state index in [4.69, 9.17) is 39.6 Å². The molecule has 0 fully saturated rings. The second-order valence-electron chi connectivity index (χ2n) is 2.31. The first-order valence-corrected chi connectivity index (χ1v) is 4.53. The van der Waals surface area contributed by atoms with Crippen LogP contribution in [0.15, 0.2) is 0 Å². The number of aliphatic carboxylic acids is 4. The molecule has 118 valence electrons. The van der Waals surface area contributed by atoms with Crippen LogP contribution in [-0.4, -0.2) is 110 Å². The van der Waals surface area contributed by atoms with E-state index in [0.717, 1.165) is 27.7 Å². The van der Waals surface area contributed by atoms with Crippen molar-refractivity contribution in [3.63, 3.8) is 0 Å². The van der Waals surface area contributed by atoms with E-state index < -0.39 is 23.9 Å². The van der Waals surface area contributed by atoms with Gasteiger partial charge in [-0.05, 0) is 0 Å². The fourth-order valence-corrected chi connectivity index (χ4v) is 0. The molecule has 0 amide bonds. The van der Waals surface area contributed by atoms with Gasteiger partial charge in [0, 0.05) is 93.5 Å². The van der Waals surface area contributed by atoms with Crippen LogP contribution < -0.4 is 11.5 Å². The minimum absolute atomic E-state index is 0. The van der Waals surface area contributed by atoms with Crippen LogP contribution >= 0.6 is 0 Å². The molecule has 0 saturated heterocycles. The predicted molar refractivity (Wildman–Crippen MR) is 78.0 cm³/mol. The largest absolute Gasteiger partial charge is 0.481 e. The summed E-state index contributed by atoms with van der Waals surface area (Å²) in [5.74, 6) is -3.33. The molecule has 0 aliphatic carbocycles. The maximum atomic E-state index is 9.00. The summed E-state index contributed by atoms with van der Waals surface area (Å²) in [5.41, 5.74) is 9.25. The van der Waals surface area contributed by atoms with Gasteiger partial charge in [0.1, 0.15) is 0 Å². The van der Waals surface area contributed by atoms with Gasteiger partial charge in [-0.3, -0.25) is 19.2 Å². The third-order valence-corrected chi connectivity index (χ3v) is 0. The van der Waals surface area contributed by atoms with Crippen molar-refractivity contribution in [3.05, 3.63) is 0 Å². The number of carbonyl (C=O) groups is 4. The van der Waals surface area contributed by atoms with E-state index in [2.05, 4.69) is 11.5 Å². The summed E-state index contributed by atoms with van der Waals surface area (Å²) in [7, 11) is 0. The number of hydrogen-bond acceptors (Lipinski definition) is 6. The molecule has 0 heterocycles. The summed E-state index contributed by atoms with van der Waals surface area (Å²) in [6, 6.07) is 0. The van der Waals surface area contributed by atoms with Gasteiger partial charge >= 0.3 is 0 Å². The Bertz CT molecular complexity index is 188. The van der Waals surface area contributed by atoms with Crippen molar-refractivity contribution in [1.29, 1.82) is 0 Å². The van der Waals surface area contributed by atoms with E-state index in [1.54, 1.807) is 0 Å². The number of carboxylic acid groups (broad SMARTS) is 4. The zero-order chi connectivity index (χ0) is 17.0. The Kier molecular flexibility index (Phi) is 87.1. The second kappa shape index (κ2) is 42.7. The quantitative estimate of drug-likeness (QED) is 0.223. The fraction of sp³-hybridized carbons (Fsp3) is 0.556. The Morgan fingerprint density at radius 1 is 0.619 bits per heavy atom. The Morgan fingerprint density at radius 3 is 0.619 bits per heavy atom. The Morgan fingerprint density at radius 2 is 0.619 bits per heavy atom. The average molecular weight is 332 g/mol. The number of rotatable bonds is 0. The standard InChI is InChI=1S/4C2H4O2.CH6N2.2Na/c4*1-2(3)4;2-1-3;;/h4*1H3,(H,3,4);1-3H2;;. The summed E-state index contributed by atoms with van der Waals surface area (Å²) < 4.78 is 0. The van der Waals surface area contributed by atoms with Gasteiger partial charge in [0.15, 0.2) is 0 Å². The van der Waals surface area contributed by atoms with Crippen LogP contribution in [0.4, 0.5) is 0 Å². The van der Waals surface area contributed by atoms with Crippen LogP contribution in [0.25, 0.3) is 0 Å². The third kappa shape index (κ3) is 157000. The van der Waals surface area contributed by atoms with Crippen molar-refractivity contribution in [3.8, 4) is 0 Å². The van der Waals surface area contributed by atoms with Crippen LogP contribution in [0.1, 0.15) is 27.7 Å². The summed E-state index contributed by atoms with van der Waals surface area (Å²) in [4.78, 5) is 36.0. The van der Waals surface area contributed by atoms with Gasteiger partial charge in [-0.2, -0.15) is 0 Å². The summed E-state index contributed by atoms with van der Waals surface area (Å²) in [5, 5.41) is 29.7. The molecule has 0 aromatic rings. The Hall–Kier alpha value is -0.200. The first-order chi connectivity index (χ1) is 8.34. The van der Waals surface area contributed by atoms with E-state index in [-0.39, 0.29) is 65.8 Å². The molecule has 0 atom stereocenters. The molecule has 0 aromatic carbocycles. The fourth-order valence-electron chi connectivity index (χ4n) is 0. The van der Waals surface area contributed by atoms with Crippen LogP contribution in [-0.2, 0) is 19.2 Å². The topological polar surface area (TPSA) is 201 Å². The molecule has 0 aliphatic heterocycles. The molecule has 0 aliphatic rings. The summed E-state index contributed by atoms with van der Waals surface area (Å²) in [6.45, 7) is 4.58. The maximum Gasteiger partial charge on any atom is 0.300 e. The van der Waals surface area contributed by atoms with Gasteiger partial charge in [0.05, 0.1) is 0 Å². The molecular formula is C9H22N2Na2O8. The molecule has 0 bridgehead atoms. The van der Waals surface area contributed by atoms with Crippen LogP contribution in [0.2, 0.25) is 0 Å². The maximum absolute atomic E-state index is 9.00. The molecule has 0 spiro atoms. The normalized spacial score (nSPS) is 5.62. The zero-order valence-electron chi connectivity index (χ0n) is 13.3. The molecular weight excluding hydrogens is 310 g/mol. The van der Waals surface area contributed by atoms with Crippen LogP contribution in [0.5, 0.6) is 0 Å². The van der Waals surface area contributed by atoms with Gasteiger partial charge < -0.3 is 31.9 Å². The third-order valence-electron chi connectivity index (χ3n) is 0. The molecule has 2 radical (unpaired) electrons. The molecule has 0 saturated carbocycles. The second-order valence-corrected chi connectivity index (χ2v) is 2.31. The monoisotopic (exact) mass is 332 g/mol. The van der Waals surface area contributed by atoms with E-state index in [1.807, 2.05) is 0 Å². The molecule has 0 aromatic heterocycles. The average Bonchev–Trinajstić information content (AvgIpc) is 1.97. The smallest absolute Gasteiger partial charge is 0.300 e. The molecule has 0 rings (SSSR count). The molecule has 0 unspecified atom stereocenters. The SMILES string of the molecule is CC(=O)O.CC(=O)O.CC(=O)O.CC(=O)O.NCN.[Na].[Na]. The van der Waals surface area contributed by atoms with Crippen molar-refractivity contribution in [2.45, 2.75) is 27.7 Å². The van der Waals surface area contributed by atoms with Crippen molar-refractivity contribution >= 4 is 83.0 Å². The van der Waals surface area contributed by atoms with E-state index in [0.29, 0.717) is 0 Å². The Labute approximate surface area is 167 Å². The van der Waals surface area contributed by atoms with Crippen molar-refractivity contribution in [2.75, 3.05) is 6.67 Å². The first kappa shape index (κ1) is 42.8. The van der Waals surface area contributed by atoms with Crippen LogP contribution in [0, 0.1) is 0 Å². The van der Waals surface area contributed by atoms with E-state index in [9.17, 15) is 0 Å². The predicted octanol–water partition coefficient (Wildman–Crippen LogP) is -1.54. The van der Waals surface area contributed by atoms with Gasteiger partial charge in [0.25, 0.3) is 23.9 Å². The van der Waals surface area contributed by atoms with Gasteiger partial charge in [-0.1, -0.05) is 0 Å². The van der Waals surface area contributed by atoms with Crippen molar-refractivity contribution < 1.29 is 39.6 Å². The molecule has 21 heavy (non-hydrogen) atoms. The van der Waals surface area contributed by atoms with Crippen molar-refractivity contribution in [2.24, 2.45) is 11.5 Å². The summed E-state index contributed by atoms with van der Waals surface area (Å²) >= 11 is 0. The molecule has 12 heteroatoms. The summed E-state index contributed by atoms with van der Waals surface area (Å²) in [6.07, 6.45) is 0. The molecule has 10 nitrogen and oxygen atoms in total. The Balaban J connectivity index is -0.0000000229. The van der Waals surface area contributed by atoms with Gasteiger partial charge in [-0.15, -0.1) is 0 Å². The molecule has 8 N–H and O–H groups in total.